The van der Waals surface area contributed by atoms with Crippen molar-refractivity contribution in [2.75, 3.05) is 0 Å². The van der Waals surface area contributed by atoms with Gasteiger partial charge >= 0.3 is 5.97 Å². The molecule has 2 heteroatoms. The van der Waals surface area contributed by atoms with E-state index in [4.69, 9.17) is 4.74 Å². The molecule has 1 saturated heterocycles. The van der Waals surface area contributed by atoms with Crippen molar-refractivity contribution in [2.24, 2.45) is 5.92 Å². The fourth-order valence-corrected chi connectivity index (χ4v) is 11.5. The zero-order valence-electron chi connectivity index (χ0n) is 48.8. The summed E-state index contributed by atoms with van der Waals surface area (Å²) in [6.07, 6.45) is 90.8. The van der Waals surface area contributed by atoms with Gasteiger partial charge in [0.25, 0.3) is 0 Å². The lowest BCUT2D eigenvalue weighted by Gasteiger charge is -2.28. The summed E-state index contributed by atoms with van der Waals surface area (Å²) < 4.78 is 5.46. The first-order valence-corrected chi connectivity index (χ1v) is 33.7. The van der Waals surface area contributed by atoms with E-state index in [-0.39, 0.29) is 11.9 Å². The Hall–Kier alpha value is -0.790. The van der Waals surface area contributed by atoms with Gasteiger partial charge in [0, 0.05) is 0 Å². The molecule has 0 aliphatic carbocycles. The van der Waals surface area contributed by atoms with Crippen molar-refractivity contribution in [1.29, 1.82) is 0 Å². The standard InChI is InChI=1S/C68H132O2/c1-3-5-7-9-11-13-15-17-19-21-23-25-27-29-31-33-35-37-39-41-43-45-47-49-51-53-55-57-59-61-63-65-67-66(68(69)70-67)64-62-60-58-56-54-52-50-48-46-44-42-40-38-36-34-32-30-28-26-24-22-20-18-16-14-12-10-8-6-4-2/h65-66H,3-64H2,1-2H3. The third-order valence-corrected chi connectivity index (χ3v) is 16.6. The van der Waals surface area contributed by atoms with Crippen LogP contribution in [0.2, 0.25) is 0 Å². The maximum absolute atomic E-state index is 12.1. The summed E-state index contributed by atoms with van der Waals surface area (Å²) in [7, 11) is 0. The summed E-state index contributed by atoms with van der Waals surface area (Å²) in [5, 5.41) is 0. The highest BCUT2D eigenvalue weighted by Crippen LogP contribution is 2.32. The lowest BCUT2D eigenvalue weighted by molar-refractivity contribution is -0.157. The van der Waals surface area contributed by atoms with Crippen molar-refractivity contribution in [2.45, 2.75) is 412 Å². The Kier molecular flexibility index (Phi) is 56.7. The Morgan fingerprint density at radius 1 is 0.257 bits per heavy atom. The molecule has 0 amide bonds. The molecule has 2 nitrogen and oxygen atoms in total. The van der Waals surface area contributed by atoms with Gasteiger partial charge in [-0.3, -0.25) is 4.79 Å². The van der Waals surface area contributed by atoms with Crippen molar-refractivity contribution in [3.8, 4) is 0 Å². The molecule has 70 heavy (non-hydrogen) atoms. The quantitative estimate of drug-likeness (QED) is 0.0448. The van der Waals surface area contributed by atoms with E-state index < -0.39 is 0 Å². The molecule has 1 unspecified atom stereocenters. The average molecular weight is 982 g/mol. The zero-order valence-corrected chi connectivity index (χ0v) is 48.8. The molecule has 0 N–H and O–H groups in total. The molecule has 0 radical (unpaired) electrons. The van der Waals surface area contributed by atoms with Gasteiger partial charge in [0.2, 0.25) is 0 Å². The fraction of sp³-hybridized carbons (Fsp3) is 0.956. The summed E-state index contributed by atoms with van der Waals surface area (Å²) in [6, 6.07) is 0. The minimum Gasteiger partial charge on any atom is -0.430 e. The second kappa shape index (κ2) is 59.1. The van der Waals surface area contributed by atoms with E-state index >= 15 is 0 Å². The topological polar surface area (TPSA) is 26.3 Å². The maximum Gasteiger partial charge on any atom is 0.321 e. The second-order valence-electron chi connectivity index (χ2n) is 23.7. The monoisotopic (exact) mass is 981 g/mol. The van der Waals surface area contributed by atoms with Gasteiger partial charge in [-0.05, 0) is 25.3 Å². The van der Waals surface area contributed by atoms with Crippen LogP contribution in [0.1, 0.15) is 412 Å². The van der Waals surface area contributed by atoms with Crippen LogP contribution in [-0.4, -0.2) is 5.97 Å². The van der Waals surface area contributed by atoms with E-state index in [1.165, 1.54) is 385 Å². The summed E-state index contributed by atoms with van der Waals surface area (Å²) in [6.45, 7) is 4.62. The normalized spacial score (nSPS) is 14.3. The molecule has 0 bridgehead atoms. The summed E-state index contributed by atoms with van der Waals surface area (Å²) >= 11 is 0. The van der Waals surface area contributed by atoms with E-state index in [0.29, 0.717) is 0 Å². The lowest BCUT2D eigenvalue weighted by Crippen LogP contribution is -2.32. The number of hydrogen-bond acceptors (Lipinski definition) is 2. The first kappa shape index (κ1) is 67.2. The summed E-state index contributed by atoms with van der Waals surface area (Å²) in [4.78, 5) is 12.1. The zero-order chi connectivity index (χ0) is 50.0. The molecule has 1 rings (SSSR count). The van der Waals surface area contributed by atoms with Crippen LogP contribution in [0.5, 0.6) is 0 Å². The van der Waals surface area contributed by atoms with Crippen LogP contribution in [0.15, 0.2) is 11.8 Å². The molecule has 0 aromatic rings. The number of allylic oxidation sites excluding steroid dienone is 1. The van der Waals surface area contributed by atoms with Crippen LogP contribution < -0.4 is 0 Å². The molecular formula is C68H132O2. The number of carbonyl (C=O) groups excluding carboxylic acids is 1. The van der Waals surface area contributed by atoms with Gasteiger partial charge in [0.15, 0.2) is 0 Å². The number of carbonyl (C=O) groups is 1. The first-order valence-electron chi connectivity index (χ1n) is 33.7. The molecular weight excluding hydrogens is 849 g/mol. The van der Waals surface area contributed by atoms with Crippen LogP contribution in [0.4, 0.5) is 0 Å². The van der Waals surface area contributed by atoms with Crippen LogP contribution in [0, 0.1) is 5.92 Å². The van der Waals surface area contributed by atoms with Gasteiger partial charge in [-0.25, -0.2) is 0 Å². The lowest BCUT2D eigenvalue weighted by atomic mass is 9.93. The predicted molar refractivity (Wildman–Crippen MR) is 315 cm³/mol. The molecule has 1 heterocycles. The largest absolute Gasteiger partial charge is 0.430 e. The van der Waals surface area contributed by atoms with Crippen LogP contribution in [-0.2, 0) is 9.53 Å². The van der Waals surface area contributed by atoms with E-state index in [0.717, 1.165) is 18.6 Å². The SMILES string of the molecule is CCCCCCCCCCCCCCCCCCCCCCCCCCCCCCCCC=C1OC(=O)C1CCCCCCCCCCCCCCCCCCCCCCCCCCCCCCCC. The van der Waals surface area contributed by atoms with E-state index in [9.17, 15) is 4.79 Å². The van der Waals surface area contributed by atoms with Gasteiger partial charge < -0.3 is 4.74 Å². The first-order chi connectivity index (χ1) is 34.8. The summed E-state index contributed by atoms with van der Waals surface area (Å²) in [5.74, 6) is 1.10. The highest BCUT2D eigenvalue weighted by atomic mass is 16.6. The number of cyclic esters (lactones) is 1. The predicted octanol–water partition coefficient (Wildman–Crippen LogP) is 25.3. The second-order valence-corrected chi connectivity index (χ2v) is 23.7. The maximum atomic E-state index is 12.1. The number of ether oxygens (including phenoxy) is 1. The Morgan fingerprint density at radius 2 is 0.429 bits per heavy atom. The fourth-order valence-electron chi connectivity index (χ4n) is 11.5. The molecule has 1 atom stereocenters. The number of esters is 1. The Morgan fingerprint density at radius 3 is 0.614 bits per heavy atom. The molecule has 1 aliphatic heterocycles. The molecule has 416 valence electrons. The van der Waals surface area contributed by atoms with Crippen molar-refractivity contribution in [3.63, 3.8) is 0 Å². The molecule has 0 aromatic heterocycles. The Bertz CT molecular complexity index is 1010. The minimum atomic E-state index is 0.0300. The Balaban J connectivity index is 1.72. The van der Waals surface area contributed by atoms with E-state index in [2.05, 4.69) is 19.9 Å². The number of hydrogen-bond donors (Lipinski definition) is 0. The molecule has 0 aromatic carbocycles. The van der Waals surface area contributed by atoms with Gasteiger partial charge in [-0.1, -0.05) is 393 Å². The smallest absolute Gasteiger partial charge is 0.321 e. The third-order valence-electron chi connectivity index (χ3n) is 16.6. The van der Waals surface area contributed by atoms with Crippen molar-refractivity contribution >= 4 is 5.97 Å². The average Bonchev–Trinajstić information content (AvgIpc) is 3.36. The van der Waals surface area contributed by atoms with Gasteiger partial charge in [0.05, 0.1) is 0 Å². The molecule has 0 spiro atoms. The van der Waals surface area contributed by atoms with Crippen LogP contribution in [0.25, 0.3) is 0 Å². The van der Waals surface area contributed by atoms with Crippen molar-refractivity contribution < 1.29 is 9.53 Å². The minimum absolute atomic E-state index is 0.0300. The highest BCUT2D eigenvalue weighted by Gasteiger charge is 2.36. The van der Waals surface area contributed by atoms with Gasteiger partial charge in [-0.2, -0.15) is 0 Å². The number of rotatable bonds is 62. The van der Waals surface area contributed by atoms with Crippen LogP contribution in [0.3, 0.4) is 0 Å². The van der Waals surface area contributed by atoms with Crippen LogP contribution >= 0.6 is 0 Å². The molecule has 1 aliphatic rings. The number of unbranched alkanes of at least 4 members (excludes halogenated alkanes) is 59. The van der Waals surface area contributed by atoms with Gasteiger partial charge in [-0.15, -0.1) is 0 Å². The third kappa shape index (κ3) is 50.7. The molecule has 0 saturated carbocycles. The van der Waals surface area contributed by atoms with Crippen molar-refractivity contribution in [3.05, 3.63) is 11.8 Å². The summed E-state index contributed by atoms with van der Waals surface area (Å²) in [5.41, 5.74) is 0. The van der Waals surface area contributed by atoms with E-state index in [1.807, 2.05) is 0 Å². The van der Waals surface area contributed by atoms with E-state index in [1.54, 1.807) is 0 Å². The molecule has 1 fully saturated rings. The van der Waals surface area contributed by atoms with Gasteiger partial charge in [0.1, 0.15) is 11.7 Å². The highest BCUT2D eigenvalue weighted by molar-refractivity contribution is 5.82. The Labute approximate surface area is 443 Å². The van der Waals surface area contributed by atoms with Crippen molar-refractivity contribution in [1.82, 2.24) is 0 Å².